The monoisotopic (exact) mass is 253 g/mol. The maximum absolute atomic E-state index is 10.5. The second-order valence-corrected chi connectivity index (χ2v) is 3.53. The van der Waals surface area contributed by atoms with Crippen LogP contribution in [0.2, 0.25) is 5.15 Å². The van der Waals surface area contributed by atoms with Crippen molar-refractivity contribution in [3.05, 3.63) is 35.5 Å². The van der Waals surface area contributed by atoms with Gasteiger partial charge in [0.05, 0.1) is 0 Å². The molecule has 0 aromatic carbocycles. The summed E-state index contributed by atoms with van der Waals surface area (Å²) in [7, 11) is 0. The largest absolute Gasteiger partial charge is 0.465 e. The zero-order valence-electron chi connectivity index (χ0n) is 8.54. The molecule has 2 aromatic rings. The number of halogens is 1. The maximum atomic E-state index is 10.5. The van der Waals surface area contributed by atoms with Crippen molar-refractivity contribution in [2.45, 2.75) is 6.54 Å². The molecule has 0 saturated heterocycles. The lowest BCUT2D eigenvalue weighted by Gasteiger charge is -2.08. The molecule has 2 N–H and O–H groups in total. The number of carboxylic acid groups (broad SMARTS) is 1. The number of hydrogen-bond acceptors (Lipinski definition) is 4. The van der Waals surface area contributed by atoms with E-state index in [2.05, 4.69) is 20.5 Å². The summed E-state index contributed by atoms with van der Waals surface area (Å²) in [5.74, 6) is 0.487. The number of rotatable bonds is 3. The van der Waals surface area contributed by atoms with Crippen LogP contribution < -0.4 is 5.32 Å². The molecule has 2 rings (SSSR count). The second kappa shape index (κ2) is 4.79. The highest BCUT2D eigenvalue weighted by atomic mass is 35.5. The fourth-order valence-corrected chi connectivity index (χ4v) is 1.47. The number of imidazole rings is 1. The molecule has 7 nitrogen and oxygen atoms in total. The summed E-state index contributed by atoms with van der Waals surface area (Å²) < 4.78 is 1.63. The number of hydrogen-bond donors (Lipinski definition) is 2. The second-order valence-electron chi connectivity index (χ2n) is 3.14. The van der Waals surface area contributed by atoms with E-state index in [-0.39, 0.29) is 11.7 Å². The van der Waals surface area contributed by atoms with E-state index >= 15 is 0 Å². The maximum Gasteiger partial charge on any atom is 0.404 e. The van der Waals surface area contributed by atoms with Crippen LogP contribution in [0.1, 0.15) is 5.56 Å². The lowest BCUT2D eigenvalue weighted by Crippen LogP contribution is -2.21. The number of nitrogens with zero attached hydrogens (tertiary/aromatic N) is 4. The number of nitrogens with one attached hydrogen (secondary N) is 1. The Morgan fingerprint density at radius 2 is 2.35 bits per heavy atom. The molecule has 1 amide bonds. The van der Waals surface area contributed by atoms with Crippen molar-refractivity contribution < 1.29 is 9.90 Å². The van der Waals surface area contributed by atoms with Crippen LogP contribution in [0.15, 0.2) is 24.8 Å². The predicted molar refractivity (Wildman–Crippen MR) is 59.0 cm³/mol. The number of amides is 1. The summed E-state index contributed by atoms with van der Waals surface area (Å²) in [6.45, 7) is 0.0953. The fraction of sp³-hybridized carbons (Fsp3) is 0.111. The topological polar surface area (TPSA) is 92.9 Å². The minimum absolute atomic E-state index is 0.0953. The van der Waals surface area contributed by atoms with Crippen molar-refractivity contribution in [3.63, 3.8) is 0 Å². The first kappa shape index (κ1) is 11.3. The van der Waals surface area contributed by atoms with Gasteiger partial charge in [0.1, 0.15) is 6.33 Å². The van der Waals surface area contributed by atoms with Crippen molar-refractivity contribution in [3.8, 4) is 5.82 Å². The van der Waals surface area contributed by atoms with Crippen LogP contribution in [0.4, 0.5) is 4.79 Å². The summed E-state index contributed by atoms with van der Waals surface area (Å²) in [5, 5.41) is 18.6. The highest BCUT2D eigenvalue weighted by Gasteiger charge is 2.09. The van der Waals surface area contributed by atoms with Gasteiger partial charge in [0, 0.05) is 24.5 Å². The van der Waals surface area contributed by atoms with Crippen LogP contribution in [-0.2, 0) is 6.54 Å². The molecule has 0 fully saturated rings. The third kappa shape index (κ3) is 2.70. The van der Waals surface area contributed by atoms with Gasteiger partial charge in [-0.1, -0.05) is 11.6 Å². The van der Waals surface area contributed by atoms with Gasteiger partial charge in [-0.3, -0.25) is 4.57 Å². The summed E-state index contributed by atoms with van der Waals surface area (Å²) in [6.07, 6.45) is 3.70. The minimum atomic E-state index is -1.12. The fourth-order valence-electron chi connectivity index (χ4n) is 1.30. The van der Waals surface area contributed by atoms with Gasteiger partial charge in [-0.2, -0.15) is 0 Å². The van der Waals surface area contributed by atoms with E-state index in [1.807, 2.05) is 0 Å². The quantitative estimate of drug-likeness (QED) is 0.854. The molecular weight excluding hydrogens is 246 g/mol. The molecule has 0 spiro atoms. The molecule has 88 valence electrons. The molecule has 0 radical (unpaired) electrons. The van der Waals surface area contributed by atoms with Crippen LogP contribution in [0.25, 0.3) is 5.82 Å². The van der Waals surface area contributed by atoms with Crippen LogP contribution in [0.5, 0.6) is 0 Å². The SMILES string of the molecule is O=C(O)NCc1cc(Cl)nnc1-n1ccnc1. The van der Waals surface area contributed by atoms with Gasteiger partial charge >= 0.3 is 6.09 Å². The summed E-state index contributed by atoms with van der Waals surface area (Å²) in [5.41, 5.74) is 0.616. The van der Waals surface area contributed by atoms with Gasteiger partial charge in [0.2, 0.25) is 0 Å². The highest BCUT2D eigenvalue weighted by molar-refractivity contribution is 6.29. The van der Waals surface area contributed by atoms with Crippen LogP contribution in [0.3, 0.4) is 0 Å². The molecule has 0 aliphatic heterocycles. The number of aromatic nitrogens is 4. The van der Waals surface area contributed by atoms with Gasteiger partial charge in [-0.05, 0) is 6.07 Å². The average molecular weight is 254 g/mol. The standard InChI is InChI=1S/C9H8ClN5O2/c10-7-3-6(4-12-9(16)17)8(14-13-7)15-2-1-11-5-15/h1-3,5,12H,4H2,(H,16,17). The summed E-state index contributed by atoms with van der Waals surface area (Å²) in [6, 6.07) is 1.56. The van der Waals surface area contributed by atoms with Crippen LogP contribution in [0, 0.1) is 0 Å². The van der Waals surface area contributed by atoms with Gasteiger partial charge < -0.3 is 10.4 Å². The Labute approximate surface area is 101 Å². The highest BCUT2D eigenvalue weighted by Crippen LogP contribution is 2.14. The Kier molecular flexibility index (Phi) is 3.20. The third-order valence-electron chi connectivity index (χ3n) is 2.00. The van der Waals surface area contributed by atoms with Crippen LogP contribution in [-0.4, -0.2) is 30.9 Å². The van der Waals surface area contributed by atoms with Crippen molar-refractivity contribution >= 4 is 17.7 Å². The van der Waals surface area contributed by atoms with E-state index in [1.165, 1.54) is 0 Å². The van der Waals surface area contributed by atoms with Crippen molar-refractivity contribution in [1.82, 2.24) is 25.1 Å². The van der Waals surface area contributed by atoms with Gasteiger partial charge in [-0.15, -0.1) is 10.2 Å². The molecule has 0 bridgehead atoms. The van der Waals surface area contributed by atoms with E-state index < -0.39 is 6.09 Å². The first-order valence-electron chi connectivity index (χ1n) is 4.64. The van der Waals surface area contributed by atoms with Gasteiger partial charge in [0.15, 0.2) is 11.0 Å². The van der Waals surface area contributed by atoms with Crippen molar-refractivity contribution in [2.75, 3.05) is 0 Å². The van der Waals surface area contributed by atoms with E-state index in [1.54, 1.807) is 29.4 Å². The van der Waals surface area contributed by atoms with Crippen molar-refractivity contribution in [1.29, 1.82) is 0 Å². The molecule has 8 heteroatoms. The normalized spacial score (nSPS) is 10.2. The van der Waals surface area contributed by atoms with Gasteiger partial charge in [0.25, 0.3) is 0 Å². The molecule has 0 atom stereocenters. The molecule has 0 aliphatic rings. The smallest absolute Gasteiger partial charge is 0.404 e. The first-order valence-corrected chi connectivity index (χ1v) is 5.02. The molecule has 0 saturated carbocycles. The first-order chi connectivity index (χ1) is 8.16. The zero-order chi connectivity index (χ0) is 12.3. The predicted octanol–water partition coefficient (Wildman–Crippen LogP) is 1.08. The van der Waals surface area contributed by atoms with Gasteiger partial charge in [-0.25, -0.2) is 9.78 Å². The molecular formula is C9H8ClN5O2. The molecule has 2 aromatic heterocycles. The van der Waals surface area contributed by atoms with E-state index in [4.69, 9.17) is 16.7 Å². The molecule has 0 aliphatic carbocycles. The Morgan fingerprint density at radius 1 is 1.53 bits per heavy atom. The Hall–Kier alpha value is -2.15. The molecule has 17 heavy (non-hydrogen) atoms. The lowest BCUT2D eigenvalue weighted by atomic mass is 10.3. The van der Waals surface area contributed by atoms with Crippen molar-refractivity contribution in [2.24, 2.45) is 0 Å². The Morgan fingerprint density at radius 3 is 3.00 bits per heavy atom. The Bertz CT molecular complexity index is 528. The third-order valence-corrected chi connectivity index (χ3v) is 2.18. The van der Waals surface area contributed by atoms with Crippen LogP contribution >= 0.6 is 11.6 Å². The van der Waals surface area contributed by atoms with E-state index in [9.17, 15) is 4.79 Å². The summed E-state index contributed by atoms with van der Waals surface area (Å²) in [4.78, 5) is 14.3. The number of carbonyl (C=O) groups is 1. The molecule has 2 heterocycles. The van der Waals surface area contributed by atoms with E-state index in [0.29, 0.717) is 11.4 Å². The minimum Gasteiger partial charge on any atom is -0.465 e. The average Bonchev–Trinajstić information content (AvgIpc) is 2.80. The molecule has 0 unspecified atom stereocenters. The lowest BCUT2D eigenvalue weighted by molar-refractivity contribution is 0.194. The Balaban J connectivity index is 2.34. The summed E-state index contributed by atoms with van der Waals surface area (Å²) >= 11 is 5.72. The zero-order valence-corrected chi connectivity index (χ0v) is 9.29. The van der Waals surface area contributed by atoms with E-state index in [0.717, 1.165) is 0 Å².